The molecule has 0 heterocycles. The molecule has 1 aromatic rings. The smallest absolute Gasteiger partial charge is 0.274 e. The van der Waals surface area contributed by atoms with Gasteiger partial charge in [0.1, 0.15) is 5.75 Å². The predicted octanol–water partition coefficient (Wildman–Crippen LogP) is 1.38. The zero-order valence-corrected chi connectivity index (χ0v) is 8.24. The Hall–Kier alpha value is -1.55. The van der Waals surface area contributed by atoms with Crippen molar-refractivity contribution >= 4 is 5.91 Å². The van der Waals surface area contributed by atoms with E-state index in [0.717, 1.165) is 5.75 Å². The van der Waals surface area contributed by atoms with Gasteiger partial charge in [0.25, 0.3) is 5.91 Å². The third kappa shape index (κ3) is 2.74. The molecule has 0 bridgehead atoms. The molecule has 4 nitrogen and oxygen atoms in total. The van der Waals surface area contributed by atoms with E-state index in [1.165, 1.54) is 7.11 Å². The van der Waals surface area contributed by atoms with Gasteiger partial charge in [-0.05, 0) is 31.2 Å². The largest absolute Gasteiger partial charge is 0.494 e. The van der Waals surface area contributed by atoms with Gasteiger partial charge in [-0.3, -0.25) is 9.63 Å². The minimum Gasteiger partial charge on any atom is -0.494 e. The van der Waals surface area contributed by atoms with E-state index < -0.39 is 0 Å². The summed E-state index contributed by atoms with van der Waals surface area (Å²) >= 11 is 0. The molecule has 4 heteroatoms. The van der Waals surface area contributed by atoms with Crippen LogP contribution in [0.15, 0.2) is 24.3 Å². The Kier molecular flexibility index (Phi) is 3.94. The van der Waals surface area contributed by atoms with Crippen LogP contribution in [0.3, 0.4) is 0 Å². The van der Waals surface area contributed by atoms with Crippen LogP contribution in [-0.4, -0.2) is 19.6 Å². The summed E-state index contributed by atoms with van der Waals surface area (Å²) in [5.74, 6) is 0.483. The standard InChI is InChI=1S/C10H13NO3/c1-3-14-9-6-4-8(5-7-9)10(12)11-13-2/h4-7H,3H2,1-2H3,(H,11,12). The van der Waals surface area contributed by atoms with Crippen LogP contribution in [0.1, 0.15) is 17.3 Å². The number of benzene rings is 1. The van der Waals surface area contributed by atoms with Crippen molar-refractivity contribution in [3.63, 3.8) is 0 Å². The van der Waals surface area contributed by atoms with Crippen molar-refractivity contribution in [1.82, 2.24) is 5.48 Å². The van der Waals surface area contributed by atoms with Gasteiger partial charge in [-0.15, -0.1) is 0 Å². The molecule has 0 aliphatic heterocycles. The molecule has 14 heavy (non-hydrogen) atoms. The van der Waals surface area contributed by atoms with Crippen molar-refractivity contribution in [2.75, 3.05) is 13.7 Å². The molecule has 0 aliphatic carbocycles. The molecular formula is C10H13NO3. The summed E-state index contributed by atoms with van der Waals surface area (Å²) in [6, 6.07) is 6.85. The van der Waals surface area contributed by atoms with E-state index in [-0.39, 0.29) is 5.91 Å². The van der Waals surface area contributed by atoms with Crippen LogP contribution < -0.4 is 10.2 Å². The molecule has 1 aromatic carbocycles. The lowest BCUT2D eigenvalue weighted by atomic mass is 10.2. The van der Waals surface area contributed by atoms with E-state index in [1.807, 2.05) is 6.92 Å². The van der Waals surface area contributed by atoms with Gasteiger partial charge >= 0.3 is 0 Å². The second-order valence-corrected chi connectivity index (χ2v) is 2.59. The quantitative estimate of drug-likeness (QED) is 0.738. The van der Waals surface area contributed by atoms with Crippen LogP contribution in [0.4, 0.5) is 0 Å². The lowest BCUT2D eigenvalue weighted by Gasteiger charge is -2.04. The Balaban J connectivity index is 2.67. The zero-order valence-electron chi connectivity index (χ0n) is 8.24. The minimum atomic E-state index is -0.268. The number of amides is 1. The van der Waals surface area contributed by atoms with Gasteiger partial charge in [-0.2, -0.15) is 0 Å². The van der Waals surface area contributed by atoms with E-state index in [9.17, 15) is 4.79 Å². The van der Waals surface area contributed by atoms with Crippen LogP contribution >= 0.6 is 0 Å². The average Bonchev–Trinajstić information content (AvgIpc) is 2.20. The van der Waals surface area contributed by atoms with Gasteiger partial charge in [0.05, 0.1) is 13.7 Å². The topological polar surface area (TPSA) is 47.6 Å². The van der Waals surface area contributed by atoms with Crippen LogP contribution in [0.5, 0.6) is 5.75 Å². The summed E-state index contributed by atoms with van der Waals surface area (Å²) in [4.78, 5) is 15.7. The lowest BCUT2D eigenvalue weighted by molar-refractivity contribution is 0.0537. The fourth-order valence-electron chi connectivity index (χ4n) is 1.02. The fourth-order valence-corrected chi connectivity index (χ4v) is 1.02. The van der Waals surface area contributed by atoms with Crippen molar-refractivity contribution in [1.29, 1.82) is 0 Å². The number of rotatable bonds is 4. The van der Waals surface area contributed by atoms with E-state index in [0.29, 0.717) is 12.2 Å². The van der Waals surface area contributed by atoms with Crippen LogP contribution in [0.2, 0.25) is 0 Å². The molecule has 0 unspecified atom stereocenters. The highest BCUT2D eigenvalue weighted by Crippen LogP contribution is 2.11. The second-order valence-electron chi connectivity index (χ2n) is 2.59. The number of carbonyl (C=O) groups is 1. The van der Waals surface area contributed by atoms with Crippen molar-refractivity contribution in [2.45, 2.75) is 6.92 Å². The zero-order chi connectivity index (χ0) is 10.4. The lowest BCUT2D eigenvalue weighted by Crippen LogP contribution is -2.21. The van der Waals surface area contributed by atoms with Crippen LogP contribution in [-0.2, 0) is 4.84 Å². The molecule has 1 amide bonds. The van der Waals surface area contributed by atoms with Crippen LogP contribution in [0.25, 0.3) is 0 Å². The molecule has 0 saturated heterocycles. The first-order valence-electron chi connectivity index (χ1n) is 4.34. The molecule has 0 fully saturated rings. The van der Waals surface area contributed by atoms with E-state index >= 15 is 0 Å². The average molecular weight is 195 g/mol. The van der Waals surface area contributed by atoms with Crippen molar-refractivity contribution < 1.29 is 14.4 Å². The van der Waals surface area contributed by atoms with Gasteiger partial charge in [0.2, 0.25) is 0 Å². The fraction of sp³-hybridized carbons (Fsp3) is 0.300. The molecule has 0 aliphatic rings. The number of hydrogen-bond donors (Lipinski definition) is 1. The molecule has 0 atom stereocenters. The number of hydrogen-bond acceptors (Lipinski definition) is 3. The molecule has 0 radical (unpaired) electrons. The number of ether oxygens (including phenoxy) is 1. The maximum Gasteiger partial charge on any atom is 0.274 e. The Morgan fingerprint density at radius 1 is 1.36 bits per heavy atom. The number of nitrogens with one attached hydrogen (secondary N) is 1. The highest BCUT2D eigenvalue weighted by molar-refractivity contribution is 5.93. The molecule has 1 N–H and O–H groups in total. The highest BCUT2D eigenvalue weighted by atomic mass is 16.6. The number of hydroxylamine groups is 1. The van der Waals surface area contributed by atoms with Gasteiger partial charge in [-0.25, -0.2) is 5.48 Å². The maximum atomic E-state index is 11.2. The van der Waals surface area contributed by atoms with Crippen molar-refractivity contribution in [2.24, 2.45) is 0 Å². The van der Waals surface area contributed by atoms with E-state index in [2.05, 4.69) is 10.3 Å². The molecular weight excluding hydrogens is 182 g/mol. The first-order valence-corrected chi connectivity index (χ1v) is 4.34. The Morgan fingerprint density at radius 3 is 2.50 bits per heavy atom. The SMILES string of the molecule is CCOc1ccc(C(=O)NOC)cc1. The Bertz CT molecular complexity index is 295. The first kappa shape index (κ1) is 10.5. The third-order valence-electron chi connectivity index (χ3n) is 1.62. The Morgan fingerprint density at radius 2 is 2.00 bits per heavy atom. The molecule has 0 aromatic heterocycles. The normalized spacial score (nSPS) is 9.57. The highest BCUT2D eigenvalue weighted by Gasteiger charge is 2.03. The van der Waals surface area contributed by atoms with Gasteiger partial charge in [0, 0.05) is 5.56 Å². The molecule has 0 saturated carbocycles. The monoisotopic (exact) mass is 195 g/mol. The Labute approximate surface area is 82.8 Å². The third-order valence-corrected chi connectivity index (χ3v) is 1.62. The predicted molar refractivity (Wildman–Crippen MR) is 52.1 cm³/mol. The maximum absolute atomic E-state index is 11.2. The summed E-state index contributed by atoms with van der Waals surface area (Å²) in [5.41, 5.74) is 2.77. The minimum absolute atomic E-state index is 0.268. The summed E-state index contributed by atoms with van der Waals surface area (Å²) in [5, 5.41) is 0. The molecule has 76 valence electrons. The van der Waals surface area contributed by atoms with E-state index in [1.54, 1.807) is 24.3 Å². The van der Waals surface area contributed by atoms with Gasteiger partial charge in [-0.1, -0.05) is 0 Å². The van der Waals surface area contributed by atoms with Crippen molar-refractivity contribution in [3.05, 3.63) is 29.8 Å². The summed E-state index contributed by atoms with van der Waals surface area (Å²) < 4.78 is 5.24. The van der Waals surface area contributed by atoms with Gasteiger partial charge < -0.3 is 4.74 Å². The number of carbonyl (C=O) groups excluding carboxylic acids is 1. The summed E-state index contributed by atoms with van der Waals surface area (Å²) in [7, 11) is 1.40. The van der Waals surface area contributed by atoms with Crippen LogP contribution in [0, 0.1) is 0 Å². The van der Waals surface area contributed by atoms with E-state index in [4.69, 9.17) is 4.74 Å². The van der Waals surface area contributed by atoms with Crippen molar-refractivity contribution in [3.8, 4) is 5.75 Å². The molecule has 1 rings (SSSR count). The van der Waals surface area contributed by atoms with Gasteiger partial charge in [0.15, 0.2) is 0 Å². The summed E-state index contributed by atoms with van der Waals surface area (Å²) in [6.45, 7) is 2.52. The summed E-state index contributed by atoms with van der Waals surface area (Å²) in [6.07, 6.45) is 0. The second kappa shape index (κ2) is 5.24. The molecule has 0 spiro atoms. The first-order chi connectivity index (χ1) is 6.77.